The molecule has 0 heteroatoms. The van der Waals surface area contributed by atoms with Crippen LogP contribution in [0.1, 0.15) is 322 Å². The molecule has 0 bridgehead atoms. The number of aryl methyl sites for hydroxylation is 10. The third kappa shape index (κ3) is 33.8. The van der Waals surface area contributed by atoms with Gasteiger partial charge in [0.05, 0.1) is 0 Å². The zero-order valence-corrected chi connectivity index (χ0v) is 74.6. The van der Waals surface area contributed by atoms with Crippen LogP contribution in [0.4, 0.5) is 0 Å². The summed E-state index contributed by atoms with van der Waals surface area (Å²) in [4.78, 5) is 0. The van der Waals surface area contributed by atoms with E-state index in [0.29, 0.717) is 0 Å². The molecule has 0 saturated heterocycles. The van der Waals surface area contributed by atoms with E-state index in [2.05, 4.69) is 308 Å². The van der Waals surface area contributed by atoms with E-state index in [1.807, 2.05) is 0 Å². The third-order valence-corrected chi connectivity index (χ3v) is 27.7. The van der Waals surface area contributed by atoms with Gasteiger partial charge in [-0.3, -0.25) is 0 Å². The first-order valence-electron chi connectivity index (χ1n) is 45.8. The first kappa shape index (κ1) is 91.5. The van der Waals surface area contributed by atoms with Crippen molar-refractivity contribution in [2.45, 2.75) is 331 Å². The summed E-state index contributed by atoms with van der Waals surface area (Å²) in [6.45, 7) is 45.5. The molecule has 8 aliphatic rings. The van der Waals surface area contributed by atoms with Crippen molar-refractivity contribution >= 4 is 21.5 Å². The van der Waals surface area contributed by atoms with Gasteiger partial charge in [-0.2, -0.15) is 0 Å². The molecule has 0 spiro atoms. The van der Waals surface area contributed by atoms with E-state index in [9.17, 15) is 0 Å². The van der Waals surface area contributed by atoms with Gasteiger partial charge >= 0.3 is 0 Å². The average Bonchev–Trinajstić information content (AvgIpc) is 0.904. The maximum Gasteiger partial charge on any atom is -0.00256 e. The Hall–Kier alpha value is -5.72. The molecule has 16 rings (SSSR count). The summed E-state index contributed by atoms with van der Waals surface area (Å²) in [5, 5.41) is 5.41. The van der Waals surface area contributed by atoms with Crippen molar-refractivity contribution in [3.8, 4) is 0 Å². The Labute approximate surface area is 679 Å². The van der Waals surface area contributed by atoms with Crippen LogP contribution < -0.4 is 0 Å². The van der Waals surface area contributed by atoms with Crippen molar-refractivity contribution in [3.63, 3.8) is 0 Å². The summed E-state index contributed by atoms with van der Waals surface area (Å²) < 4.78 is 0. The van der Waals surface area contributed by atoms with Crippen LogP contribution in [0.15, 0.2) is 170 Å². The Kier molecular flexibility index (Phi) is 40.9. The molecule has 604 valence electrons. The molecule has 8 aromatic carbocycles. The minimum Gasteiger partial charge on any atom is -0.0625 e. The van der Waals surface area contributed by atoms with Crippen molar-refractivity contribution in [3.05, 3.63) is 237 Å². The lowest BCUT2D eigenvalue weighted by atomic mass is 9.62. The lowest BCUT2D eigenvalue weighted by molar-refractivity contribution is 0.0702. The summed E-state index contributed by atoms with van der Waals surface area (Å²) in [6, 6.07) is 60.2. The normalized spacial score (nSPS) is 27.2. The van der Waals surface area contributed by atoms with Crippen LogP contribution in [-0.2, 0) is 6.42 Å². The van der Waals surface area contributed by atoms with Crippen molar-refractivity contribution < 1.29 is 0 Å². The smallest absolute Gasteiger partial charge is 0.00256 e. The van der Waals surface area contributed by atoms with E-state index in [1.165, 1.54) is 255 Å². The minimum absolute atomic E-state index is 1.00. The lowest BCUT2D eigenvalue weighted by Gasteiger charge is -2.43. The quantitative estimate of drug-likeness (QED) is 0.165. The first-order chi connectivity index (χ1) is 52.7. The van der Waals surface area contributed by atoms with E-state index >= 15 is 0 Å². The van der Waals surface area contributed by atoms with Gasteiger partial charge in [0.15, 0.2) is 0 Å². The molecule has 14 atom stereocenters. The van der Waals surface area contributed by atoms with Crippen LogP contribution in [0, 0.1) is 164 Å². The molecule has 0 amide bonds. The van der Waals surface area contributed by atoms with Crippen LogP contribution in [0.2, 0.25) is 0 Å². The number of benzene rings is 8. The van der Waals surface area contributed by atoms with E-state index in [1.54, 1.807) is 19.3 Å². The standard InChI is InChI=1S/C15H28.C15H16.C12H22.C12H12.C12H22.C12H12.C8H16.C8H10.C8H16.C8H10/c2*1-12-5-3-7-14(9-12)11-15-8-4-6-13(2)10-15;2*1-9-3-5-11-6-4-10(2)8-12(11)7-9;2*1-9-5-3-8-12-10(2)6-4-7-11(9)12;2*1-7-4-3-5-8(2)6-7;2*1-7-5-3-4-6-8(7)2/h12-15H,3-11H2,1-2H3;3-10H,11H2,1-2H3;9-12H,3-8H2,1-2H3;3-8H,1-2H3;9-12H,3-8H2,1-2H3;3-8H,1-2H3;7-8H,3-6H2,1-2H3;3-6H,1-2H3;7-8H,3-6H2,1-2H3;3-6H,1-2H3. The second-order valence-electron chi connectivity index (χ2n) is 38.6. The summed E-state index contributed by atoms with van der Waals surface area (Å²) >= 11 is 0. The van der Waals surface area contributed by atoms with E-state index < -0.39 is 0 Å². The van der Waals surface area contributed by atoms with Crippen LogP contribution in [0.5, 0.6) is 0 Å². The summed E-state index contributed by atoms with van der Waals surface area (Å²) in [5.74, 6) is 16.8. The monoisotopic (exact) mass is 1490 g/mol. The van der Waals surface area contributed by atoms with Crippen molar-refractivity contribution in [1.82, 2.24) is 0 Å². The molecule has 110 heavy (non-hydrogen) atoms. The van der Waals surface area contributed by atoms with Gasteiger partial charge in [-0.05, 0) is 289 Å². The van der Waals surface area contributed by atoms with Gasteiger partial charge < -0.3 is 0 Å². The Bertz CT molecular complexity index is 3580. The van der Waals surface area contributed by atoms with Gasteiger partial charge in [0.1, 0.15) is 0 Å². The fraction of sp³-hybridized carbons (Fsp3) is 0.600. The van der Waals surface area contributed by atoms with Crippen molar-refractivity contribution in [2.75, 3.05) is 0 Å². The molecule has 8 saturated carbocycles. The predicted octanol–water partition coefficient (Wildman–Crippen LogP) is 33.8. The third-order valence-electron chi connectivity index (χ3n) is 27.7. The first-order valence-corrected chi connectivity index (χ1v) is 45.8. The molecule has 0 N–H and O–H groups in total. The highest BCUT2D eigenvalue weighted by Crippen LogP contribution is 2.47. The highest BCUT2D eigenvalue weighted by atomic mass is 14.4. The molecule has 0 heterocycles. The highest BCUT2D eigenvalue weighted by Gasteiger charge is 2.36. The molecule has 8 aliphatic carbocycles. The molecular formula is C110H164. The Morgan fingerprint density at radius 3 is 0.945 bits per heavy atom. The van der Waals surface area contributed by atoms with Crippen molar-refractivity contribution in [1.29, 1.82) is 0 Å². The number of fused-ring (bicyclic) bond motifs is 4. The van der Waals surface area contributed by atoms with Gasteiger partial charge in [0, 0.05) is 0 Å². The van der Waals surface area contributed by atoms with Gasteiger partial charge in [0.2, 0.25) is 0 Å². The van der Waals surface area contributed by atoms with Gasteiger partial charge in [-0.25, -0.2) is 0 Å². The maximum atomic E-state index is 2.48. The van der Waals surface area contributed by atoms with Crippen LogP contribution >= 0.6 is 0 Å². The summed E-state index contributed by atoms with van der Waals surface area (Å²) in [6.07, 6.45) is 44.8. The summed E-state index contributed by atoms with van der Waals surface area (Å²) in [7, 11) is 0. The molecule has 0 aliphatic heterocycles. The van der Waals surface area contributed by atoms with Crippen LogP contribution in [0.25, 0.3) is 21.5 Å². The molecule has 0 nitrogen and oxygen atoms in total. The molecule has 8 aromatic rings. The second kappa shape index (κ2) is 49.1. The predicted molar refractivity (Wildman–Crippen MR) is 490 cm³/mol. The lowest BCUT2D eigenvalue weighted by Crippen LogP contribution is -2.34. The molecule has 0 aromatic heterocycles. The van der Waals surface area contributed by atoms with Crippen molar-refractivity contribution in [2.24, 2.45) is 94.7 Å². The zero-order valence-electron chi connectivity index (χ0n) is 74.6. The SMILES string of the molecule is CC1CCC2CCC(C)CC2C1.CC1CCCC(C)C1.CC1CCCC(CC2CCCC(C)C2)C1.CC1CCCC2C(C)CCCC12.CC1CCCCC1C.Cc1ccc2ccc(C)cc2c1.Cc1cccc(C)c1.Cc1cccc(Cc2cccc(C)c2)c1.Cc1cccc2c(C)cccc12.Cc1ccccc1C. The molecule has 0 radical (unpaired) electrons. The topological polar surface area (TPSA) is 0 Å². The van der Waals surface area contributed by atoms with Gasteiger partial charge in [0.25, 0.3) is 0 Å². The minimum atomic E-state index is 1.00. The average molecular weight is 1490 g/mol. The maximum absolute atomic E-state index is 2.48. The Morgan fingerprint density at radius 1 is 0.236 bits per heavy atom. The van der Waals surface area contributed by atoms with Gasteiger partial charge in [-0.15, -0.1) is 0 Å². The van der Waals surface area contributed by atoms with Crippen LogP contribution in [-0.4, -0.2) is 0 Å². The Morgan fingerprint density at radius 2 is 0.582 bits per heavy atom. The fourth-order valence-electron chi connectivity index (χ4n) is 20.7. The largest absolute Gasteiger partial charge is 0.0625 e. The van der Waals surface area contributed by atoms with Gasteiger partial charge in [-0.1, -0.05) is 394 Å². The van der Waals surface area contributed by atoms with E-state index in [4.69, 9.17) is 0 Å². The number of hydrogen-bond acceptors (Lipinski definition) is 0. The number of rotatable bonds is 4. The van der Waals surface area contributed by atoms with E-state index in [0.717, 1.165) is 101 Å². The Balaban J connectivity index is 0.000000171. The zero-order chi connectivity index (χ0) is 79.5. The molecule has 14 unspecified atom stereocenters. The van der Waals surface area contributed by atoms with Crippen LogP contribution in [0.3, 0.4) is 0 Å². The van der Waals surface area contributed by atoms with E-state index in [-0.39, 0.29) is 0 Å². The second-order valence-corrected chi connectivity index (χ2v) is 38.6. The highest BCUT2D eigenvalue weighted by molar-refractivity contribution is 5.88. The number of hydrogen-bond donors (Lipinski definition) is 0. The summed E-state index contributed by atoms with van der Waals surface area (Å²) in [5.41, 5.74) is 16.2. The fourth-order valence-corrected chi connectivity index (χ4v) is 20.7. The molecular weight excluding hydrogens is 1320 g/mol. The molecule has 8 fully saturated rings.